The first-order valence-electron chi connectivity index (χ1n) is 7.51. The topological polar surface area (TPSA) is 12.0 Å². The van der Waals surface area contributed by atoms with Crippen LogP contribution < -0.4 is 5.32 Å². The molecule has 0 aliphatic rings. The van der Waals surface area contributed by atoms with Crippen molar-refractivity contribution in [3.8, 4) is 0 Å². The highest BCUT2D eigenvalue weighted by atomic mass is 32.1. The Hall–Kier alpha value is -1.12. The average molecular weight is 287 g/mol. The zero-order chi connectivity index (χ0) is 14.5. The second kappa shape index (κ2) is 7.05. The molecule has 1 atom stereocenters. The highest BCUT2D eigenvalue weighted by Gasteiger charge is 2.13. The normalized spacial score (nSPS) is 12.6. The number of benzene rings is 1. The molecule has 1 nitrogen and oxygen atoms in total. The Morgan fingerprint density at radius 3 is 2.20 bits per heavy atom. The summed E-state index contributed by atoms with van der Waals surface area (Å²) >= 11 is 1.95. The molecule has 20 heavy (non-hydrogen) atoms. The smallest absolute Gasteiger partial charge is 0.0368 e. The van der Waals surface area contributed by atoms with E-state index in [1.807, 2.05) is 11.3 Å². The van der Waals surface area contributed by atoms with E-state index in [0.29, 0.717) is 6.04 Å². The lowest BCUT2D eigenvalue weighted by Gasteiger charge is -2.19. The van der Waals surface area contributed by atoms with Gasteiger partial charge in [0.1, 0.15) is 0 Å². The van der Waals surface area contributed by atoms with Crippen molar-refractivity contribution in [1.82, 2.24) is 5.32 Å². The van der Waals surface area contributed by atoms with Crippen LogP contribution in [-0.4, -0.2) is 6.54 Å². The molecule has 0 aliphatic heterocycles. The third-order valence-electron chi connectivity index (χ3n) is 3.57. The van der Waals surface area contributed by atoms with E-state index in [1.54, 1.807) is 0 Å². The Kier molecular flexibility index (Phi) is 5.38. The molecule has 0 saturated carbocycles. The molecule has 0 fully saturated rings. The van der Waals surface area contributed by atoms with Gasteiger partial charge in [-0.2, -0.15) is 0 Å². The van der Waals surface area contributed by atoms with Crippen molar-refractivity contribution in [2.75, 3.05) is 6.54 Å². The zero-order valence-electron chi connectivity index (χ0n) is 13.0. The van der Waals surface area contributed by atoms with E-state index >= 15 is 0 Å². The van der Waals surface area contributed by atoms with Crippen molar-refractivity contribution in [3.63, 3.8) is 0 Å². The molecule has 0 aliphatic carbocycles. The molecule has 0 radical (unpaired) electrons. The van der Waals surface area contributed by atoms with E-state index in [-0.39, 0.29) is 0 Å². The predicted molar refractivity (Wildman–Crippen MR) is 89.7 cm³/mol. The highest BCUT2D eigenvalue weighted by Crippen LogP contribution is 2.25. The molecule has 0 saturated heterocycles. The number of nitrogens with one attached hydrogen (secondary N) is 1. The third-order valence-corrected chi connectivity index (χ3v) is 4.82. The van der Waals surface area contributed by atoms with Gasteiger partial charge in [-0.3, -0.25) is 0 Å². The number of likely N-dealkylation sites (N-methyl/N-ethyl adjacent to an activating group) is 1. The van der Waals surface area contributed by atoms with Crippen molar-refractivity contribution < 1.29 is 0 Å². The lowest BCUT2D eigenvalue weighted by molar-refractivity contribution is 0.553. The first-order chi connectivity index (χ1) is 9.62. The average Bonchev–Trinajstić information content (AvgIpc) is 2.85. The standard InChI is InChI=1S/C18H25NS/c1-5-16-7-8-17(20-16)12-18(19-6-2)15-10-13(3)9-14(4)11-15/h7-11,18-19H,5-6,12H2,1-4H3. The van der Waals surface area contributed by atoms with Crippen LogP contribution in [0.5, 0.6) is 0 Å². The fourth-order valence-electron chi connectivity index (χ4n) is 2.69. The van der Waals surface area contributed by atoms with Crippen LogP contribution in [-0.2, 0) is 12.8 Å². The van der Waals surface area contributed by atoms with E-state index in [0.717, 1.165) is 19.4 Å². The van der Waals surface area contributed by atoms with E-state index in [1.165, 1.54) is 26.4 Å². The second-order valence-electron chi connectivity index (χ2n) is 5.46. The molecule has 2 aromatic rings. The summed E-state index contributed by atoms with van der Waals surface area (Å²) in [7, 11) is 0. The summed E-state index contributed by atoms with van der Waals surface area (Å²) in [4.78, 5) is 2.96. The van der Waals surface area contributed by atoms with Gasteiger partial charge < -0.3 is 5.32 Å². The van der Waals surface area contributed by atoms with E-state index in [9.17, 15) is 0 Å². The van der Waals surface area contributed by atoms with Gasteiger partial charge in [0.25, 0.3) is 0 Å². The molecule has 108 valence electrons. The molecule has 0 amide bonds. The molecule has 1 unspecified atom stereocenters. The van der Waals surface area contributed by atoms with Gasteiger partial charge in [-0.1, -0.05) is 43.2 Å². The fourth-order valence-corrected chi connectivity index (χ4v) is 3.69. The maximum absolute atomic E-state index is 3.64. The Bertz CT molecular complexity index is 536. The monoisotopic (exact) mass is 287 g/mol. The van der Waals surface area contributed by atoms with Crippen LogP contribution >= 0.6 is 11.3 Å². The number of aryl methyl sites for hydroxylation is 3. The third kappa shape index (κ3) is 3.94. The molecule has 1 N–H and O–H groups in total. The maximum Gasteiger partial charge on any atom is 0.0368 e. The lowest BCUT2D eigenvalue weighted by atomic mass is 9.98. The molecular weight excluding hydrogens is 262 g/mol. The number of hydrogen-bond acceptors (Lipinski definition) is 2. The van der Waals surface area contributed by atoms with Gasteiger partial charge in [0.15, 0.2) is 0 Å². The minimum absolute atomic E-state index is 0.418. The van der Waals surface area contributed by atoms with Gasteiger partial charge in [-0.15, -0.1) is 11.3 Å². The molecule has 1 heterocycles. The Morgan fingerprint density at radius 2 is 1.65 bits per heavy atom. The van der Waals surface area contributed by atoms with E-state index in [2.05, 4.69) is 63.3 Å². The SMILES string of the molecule is CCNC(Cc1ccc(CC)s1)c1cc(C)cc(C)c1. The summed E-state index contributed by atoms with van der Waals surface area (Å²) in [6.07, 6.45) is 2.22. The van der Waals surface area contributed by atoms with Crippen LogP contribution in [0.4, 0.5) is 0 Å². The zero-order valence-corrected chi connectivity index (χ0v) is 13.8. The van der Waals surface area contributed by atoms with Crippen molar-refractivity contribution in [3.05, 3.63) is 56.8 Å². The van der Waals surface area contributed by atoms with Crippen molar-refractivity contribution in [2.45, 2.75) is 46.6 Å². The molecule has 2 rings (SSSR count). The Balaban J connectivity index is 2.21. The van der Waals surface area contributed by atoms with Crippen LogP contribution in [0.3, 0.4) is 0 Å². The summed E-state index contributed by atoms with van der Waals surface area (Å²) in [6, 6.07) is 11.8. The van der Waals surface area contributed by atoms with Crippen molar-refractivity contribution in [1.29, 1.82) is 0 Å². The predicted octanol–water partition coefficient (Wildman–Crippen LogP) is 4.82. The highest BCUT2D eigenvalue weighted by molar-refractivity contribution is 7.11. The quantitative estimate of drug-likeness (QED) is 0.803. The lowest BCUT2D eigenvalue weighted by Crippen LogP contribution is -2.22. The molecular formula is C18H25NS. The maximum atomic E-state index is 3.64. The first-order valence-corrected chi connectivity index (χ1v) is 8.33. The number of hydrogen-bond donors (Lipinski definition) is 1. The summed E-state index contributed by atoms with van der Waals surface area (Å²) in [5, 5.41) is 3.64. The molecule has 2 heteroatoms. The van der Waals surface area contributed by atoms with Gasteiger partial charge in [-0.05, 0) is 44.5 Å². The Morgan fingerprint density at radius 1 is 1.00 bits per heavy atom. The van der Waals surface area contributed by atoms with Gasteiger partial charge in [-0.25, -0.2) is 0 Å². The molecule has 1 aromatic heterocycles. The number of thiophene rings is 1. The van der Waals surface area contributed by atoms with Gasteiger partial charge >= 0.3 is 0 Å². The summed E-state index contributed by atoms with van der Waals surface area (Å²) in [5.41, 5.74) is 4.11. The van der Waals surface area contributed by atoms with E-state index in [4.69, 9.17) is 0 Å². The summed E-state index contributed by atoms with van der Waals surface area (Å²) in [6.45, 7) is 9.77. The molecule has 1 aromatic carbocycles. The fraction of sp³-hybridized carbons (Fsp3) is 0.444. The van der Waals surface area contributed by atoms with Gasteiger partial charge in [0.2, 0.25) is 0 Å². The number of rotatable bonds is 6. The Labute approximate surface area is 127 Å². The van der Waals surface area contributed by atoms with Crippen LogP contribution in [0.1, 0.15) is 46.3 Å². The minimum atomic E-state index is 0.418. The van der Waals surface area contributed by atoms with Crippen LogP contribution in [0, 0.1) is 13.8 Å². The van der Waals surface area contributed by atoms with Crippen LogP contribution in [0.25, 0.3) is 0 Å². The summed E-state index contributed by atoms with van der Waals surface area (Å²) in [5.74, 6) is 0. The van der Waals surface area contributed by atoms with Gasteiger partial charge in [0.05, 0.1) is 0 Å². The van der Waals surface area contributed by atoms with E-state index < -0.39 is 0 Å². The van der Waals surface area contributed by atoms with Crippen molar-refractivity contribution in [2.24, 2.45) is 0 Å². The largest absolute Gasteiger partial charge is 0.310 e. The van der Waals surface area contributed by atoms with Crippen molar-refractivity contribution >= 4 is 11.3 Å². The first kappa shape index (κ1) is 15.3. The minimum Gasteiger partial charge on any atom is -0.310 e. The van der Waals surface area contributed by atoms with Crippen LogP contribution in [0.2, 0.25) is 0 Å². The molecule has 0 bridgehead atoms. The summed E-state index contributed by atoms with van der Waals surface area (Å²) < 4.78 is 0. The molecule has 0 spiro atoms. The van der Waals surface area contributed by atoms with Gasteiger partial charge in [0, 0.05) is 22.2 Å². The van der Waals surface area contributed by atoms with Crippen LogP contribution in [0.15, 0.2) is 30.3 Å². The second-order valence-corrected chi connectivity index (χ2v) is 6.71.